The smallest absolute Gasteiger partial charge is 0.253 e. The van der Waals surface area contributed by atoms with Crippen LogP contribution in [0.5, 0.6) is 0 Å². The third kappa shape index (κ3) is 3.73. The van der Waals surface area contributed by atoms with Crippen molar-refractivity contribution in [3.05, 3.63) is 34.9 Å². The molecule has 2 N–H and O–H groups in total. The van der Waals surface area contributed by atoms with Crippen LogP contribution in [0.2, 0.25) is 5.02 Å². The summed E-state index contributed by atoms with van der Waals surface area (Å²) < 4.78 is 25.2. The topological polar surface area (TPSA) is 69.4 Å². The van der Waals surface area contributed by atoms with Crippen molar-refractivity contribution in [1.29, 1.82) is 0 Å². The van der Waals surface area contributed by atoms with Crippen molar-refractivity contribution in [3.63, 3.8) is 0 Å². The van der Waals surface area contributed by atoms with Gasteiger partial charge in [0.1, 0.15) is 0 Å². The summed E-state index contributed by atoms with van der Waals surface area (Å²) in [5.41, 5.74) is 0.582. The van der Waals surface area contributed by atoms with Gasteiger partial charge in [-0.3, -0.25) is 4.18 Å². The van der Waals surface area contributed by atoms with Gasteiger partial charge in [0.15, 0.2) is 0 Å². The Bertz CT molecular complexity index is 390. The van der Waals surface area contributed by atoms with Gasteiger partial charge < -0.3 is 0 Å². The van der Waals surface area contributed by atoms with E-state index in [1.54, 1.807) is 24.3 Å². The SMILES string of the molecule is NS(=O)(=O)OCc1ccccc1Cl. The summed E-state index contributed by atoms with van der Waals surface area (Å²) in [6.07, 6.45) is 0. The Balaban J connectivity index is 2.71. The number of benzene rings is 1. The minimum atomic E-state index is -3.90. The molecule has 0 saturated heterocycles. The van der Waals surface area contributed by atoms with E-state index in [9.17, 15) is 8.42 Å². The molecule has 1 aromatic rings. The molecule has 0 unspecified atom stereocenters. The molecular formula is C7H8ClNO3S. The molecule has 0 fully saturated rings. The van der Waals surface area contributed by atoms with E-state index in [0.29, 0.717) is 10.6 Å². The van der Waals surface area contributed by atoms with Crippen molar-refractivity contribution in [2.24, 2.45) is 5.14 Å². The average molecular weight is 222 g/mol. The fourth-order valence-electron chi connectivity index (χ4n) is 0.761. The van der Waals surface area contributed by atoms with Crippen molar-refractivity contribution in [1.82, 2.24) is 0 Å². The molecule has 0 bridgehead atoms. The van der Waals surface area contributed by atoms with Crippen LogP contribution in [0.25, 0.3) is 0 Å². The molecule has 6 heteroatoms. The minimum absolute atomic E-state index is 0.140. The molecule has 4 nitrogen and oxygen atoms in total. The Hall–Kier alpha value is -0.620. The Kier molecular flexibility index (Phi) is 3.27. The standard InChI is InChI=1S/C7H8ClNO3S/c8-7-4-2-1-3-6(7)5-12-13(9,10)11/h1-4H,5H2,(H2,9,10,11). The van der Waals surface area contributed by atoms with E-state index in [0.717, 1.165) is 0 Å². The van der Waals surface area contributed by atoms with Crippen molar-refractivity contribution in [2.45, 2.75) is 6.61 Å². The molecule has 0 aliphatic heterocycles. The number of hydrogen-bond donors (Lipinski definition) is 1. The third-order valence-electron chi connectivity index (χ3n) is 1.34. The molecule has 0 radical (unpaired) electrons. The van der Waals surface area contributed by atoms with Gasteiger partial charge in [-0.25, -0.2) is 5.14 Å². The van der Waals surface area contributed by atoms with Gasteiger partial charge in [-0.15, -0.1) is 0 Å². The summed E-state index contributed by atoms with van der Waals surface area (Å²) in [7, 11) is -3.90. The summed E-state index contributed by atoms with van der Waals surface area (Å²) in [5, 5.41) is 5.09. The van der Waals surface area contributed by atoms with Crippen LogP contribution in [0, 0.1) is 0 Å². The van der Waals surface area contributed by atoms with E-state index in [1.807, 2.05) is 0 Å². The summed E-state index contributed by atoms with van der Waals surface area (Å²) >= 11 is 5.74. The average Bonchev–Trinajstić information content (AvgIpc) is 2.01. The monoisotopic (exact) mass is 221 g/mol. The number of rotatable bonds is 3. The lowest BCUT2D eigenvalue weighted by Crippen LogP contribution is -2.15. The van der Waals surface area contributed by atoms with Gasteiger partial charge in [0.05, 0.1) is 6.61 Å². The van der Waals surface area contributed by atoms with Gasteiger partial charge in [-0.1, -0.05) is 29.8 Å². The fourth-order valence-corrected chi connectivity index (χ4v) is 1.24. The lowest BCUT2D eigenvalue weighted by Gasteiger charge is -2.02. The van der Waals surface area contributed by atoms with E-state index in [1.165, 1.54) is 0 Å². The summed E-state index contributed by atoms with van der Waals surface area (Å²) in [4.78, 5) is 0. The van der Waals surface area contributed by atoms with Crippen LogP contribution in [0.3, 0.4) is 0 Å². The van der Waals surface area contributed by atoms with E-state index >= 15 is 0 Å². The first-order valence-electron chi connectivity index (χ1n) is 3.39. The quantitative estimate of drug-likeness (QED) is 0.830. The van der Waals surface area contributed by atoms with Crippen LogP contribution in [0.15, 0.2) is 24.3 Å². The first-order valence-corrected chi connectivity index (χ1v) is 5.24. The van der Waals surface area contributed by atoms with E-state index in [2.05, 4.69) is 9.32 Å². The molecule has 0 aliphatic rings. The molecule has 0 aliphatic carbocycles. The first kappa shape index (κ1) is 10.5. The summed E-state index contributed by atoms with van der Waals surface area (Å²) in [6, 6.07) is 6.77. The van der Waals surface area contributed by atoms with Crippen LogP contribution in [-0.2, 0) is 21.1 Å². The minimum Gasteiger partial charge on any atom is -0.253 e. The maximum atomic E-state index is 10.4. The van der Waals surface area contributed by atoms with Crippen molar-refractivity contribution < 1.29 is 12.6 Å². The van der Waals surface area contributed by atoms with E-state index in [-0.39, 0.29) is 6.61 Å². The Morgan fingerprint density at radius 1 is 1.38 bits per heavy atom. The largest absolute Gasteiger partial charge is 0.333 e. The highest BCUT2D eigenvalue weighted by atomic mass is 35.5. The Morgan fingerprint density at radius 3 is 2.54 bits per heavy atom. The normalized spacial score (nSPS) is 11.5. The number of halogens is 1. The lowest BCUT2D eigenvalue weighted by atomic mass is 10.2. The van der Waals surface area contributed by atoms with Gasteiger partial charge in [0.2, 0.25) is 0 Å². The van der Waals surface area contributed by atoms with Crippen LogP contribution in [0.1, 0.15) is 5.56 Å². The molecule has 0 heterocycles. The second-order valence-electron chi connectivity index (χ2n) is 2.35. The summed E-state index contributed by atoms with van der Waals surface area (Å²) in [5.74, 6) is 0. The maximum absolute atomic E-state index is 10.4. The molecule has 1 aromatic carbocycles. The predicted octanol–water partition coefficient (Wildman–Crippen LogP) is 1.06. The lowest BCUT2D eigenvalue weighted by molar-refractivity contribution is 0.308. The highest BCUT2D eigenvalue weighted by Gasteiger charge is 2.04. The van der Waals surface area contributed by atoms with Crippen LogP contribution < -0.4 is 5.14 Å². The van der Waals surface area contributed by atoms with Gasteiger partial charge in [0, 0.05) is 5.02 Å². The molecule has 0 saturated carbocycles. The highest BCUT2D eigenvalue weighted by molar-refractivity contribution is 7.84. The fraction of sp³-hybridized carbons (Fsp3) is 0.143. The zero-order chi connectivity index (χ0) is 9.90. The molecule has 72 valence electrons. The van der Waals surface area contributed by atoms with Crippen molar-refractivity contribution in [2.75, 3.05) is 0 Å². The number of nitrogens with two attached hydrogens (primary N) is 1. The highest BCUT2D eigenvalue weighted by Crippen LogP contribution is 2.15. The molecule has 13 heavy (non-hydrogen) atoms. The molecule has 1 rings (SSSR count). The second kappa shape index (κ2) is 4.06. The molecule has 0 aromatic heterocycles. The Morgan fingerprint density at radius 2 is 2.00 bits per heavy atom. The van der Waals surface area contributed by atoms with Gasteiger partial charge in [-0.05, 0) is 11.6 Å². The van der Waals surface area contributed by atoms with E-state index < -0.39 is 10.3 Å². The first-order chi connectivity index (χ1) is 5.99. The summed E-state index contributed by atoms with van der Waals surface area (Å²) in [6.45, 7) is -0.140. The molecule has 0 spiro atoms. The molecular weight excluding hydrogens is 214 g/mol. The van der Waals surface area contributed by atoms with Crippen molar-refractivity contribution in [3.8, 4) is 0 Å². The van der Waals surface area contributed by atoms with Crippen molar-refractivity contribution >= 4 is 21.9 Å². The predicted molar refractivity (Wildman–Crippen MR) is 49.3 cm³/mol. The number of hydrogen-bond acceptors (Lipinski definition) is 3. The van der Waals surface area contributed by atoms with Crippen LogP contribution in [-0.4, -0.2) is 8.42 Å². The zero-order valence-corrected chi connectivity index (χ0v) is 8.18. The van der Waals surface area contributed by atoms with E-state index in [4.69, 9.17) is 11.6 Å². The van der Waals surface area contributed by atoms with Crippen LogP contribution in [0.4, 0.5) is 0 Å². The van der Waals surface area contributed by atoms with Crippen LogP contribution >= 0.6 is 11.6 Å². The zero-order valence-electron chi connectivity index (χ0n) is 6.60. The van der Waals surface area contributed by atoms with Gasteiger partial charge in [-0.2, -0.15) is 8.42 Å². The second-order valence-corrected chi connectivity index (χ2v) is 3.97. The Labute approximate surface area is 81.5 Å². The third-order valence-corrected chi connectivity index (χ3v) is 2.15. The maximum Gasteiger partial charge on any atom is 0.333 e. The van der Waals surface area contributed by atoms with Gasteiger partial charge >= 0.3 is 10.3 Å². The molecule has 0 amide bonds. The molecule has 0 atom stereocenters. The van der Waals surface area contributed by atoms with Gasteiger partial charge in [0.25, 0.3) is 0 Å².